The summed E-state index contributed by atoms with van der Waals surface area (Å²) in [4.78, 5) is 0. The van der Waals surface area contributed by atoms with E-state index in [4.69, 9.17) is 0 Å². The fourth-order valence-electron chi connectivity index (χ4n) is 0.847. The van der Waals surface area contributed by atoms with Crippen LogP contribution in [-0.2, 0) is 0 Å². The Kier molecular flexibility index (Phi) is 0.411. The van der Waals surface area contributed by atoms with Gasteiger partial charge in [-0.1, -0.05) is 0 Å². The van der Waals surface area contributed by atoms with Crippen molar-refractivity contribution in [1.29, 1.82) is 0 Å². The summed E-state index contributed by atoms with van der Waals surface area (Å²) in [5.41, 5.74) is 0. The first kappa shape index (κ1) is 3.67. The molecule has 2 saturated carbocycles. The van der Waals surface area contributed by atoms with Crippen molar-refractivity contribution in [3.05, 3.63) is 0 Å². The van der Waals surface area contributed by atoms with E-state index in [-0.39, 0.29) is 0 Å². The maximum Gasteiger partial charge on any atom is 0.0292 e. The number of hydrogen-bond acceptors (Lipinski definition) is 2. The van der Waals surface area contributed by atoms with E-state index in [1.807, 2.05) is 0 Å². The predicted molar refractivity (Wildman–Crippen MR) is 32.6 cm³/mol. The lowest BCUT2D eigenvalue weighted by atomic mass is 10.4. The van der Waals surface area contributed by atoms with Gasteiger partial charge in [-0.3, -0.25) is 0 Å². The lowest BCUT2D eigenvalue weighted by molar-refractivity contribution is 0.963. The van der Waals surface area contributed by atoms with E-state index in [1.54, 1.807) is 0 Å². The van der Waals surface area contributed by atoms with Gasteiger partial charge in [-0.2, -0.15) is 25.3 Å². The van der Waals surface area contributed by atoms with Gasteiger partial charge in [0, 0.05) is 10.00 Å². The van der Waals surface area contributed by atoms with E-state index < -0.39 is 0 Å². The molecular weight excluding hydrogens is 112 g/mol. The average molecular weight is 118 g/mol. The van der Waals surface area contributed by atoms with Crippen LogP contribution >= 0.6 is 25.3 Å². The van der Waals surface area contributed by atoms with Crippen LogP contribution in [0.3, 0.4) is 0 Å². The van der Waals surface area contributed by atoms with E-state index in [0.29, 0.717) is 10.00 Å². The summed E-state index contributed by atoms with van der Waals surface area (Å²) < 4.78 is 0.434. The number of rotatable bonds is 0. The second kappa shape index (κ2) is 0.671. The highest BCUT2D eigenvalue weighted by Crippen LogP contribution is 2.73. The van der Waals surface area contributed by atoms with Crippen molar-refractivity contribution in [2.45, 2.75) is 16.4 Å². The zero-order valence-corrected chi connectivity index (χ0v) is 5.05. The van der Waals surface area contributed by atoms with Crippen LogP contribution in [0.4, 0.5) is 0 Å². The van der Waals surface area contributed by atoms with Crippen molar-refractivity contribution in [2.75, 3.05) is 0 Å². The van der Waals surface area contributed by atoms with E-state index in [2.05, 4.69) is 25.3 Å². The first-order valence-corrected chi connectivity index (χ1v) is 3.12. The van der Waals surface area contributed by atoms with E-state index in [9.17, 15) is 0 Å². The molecule has 2 fully saturated rings. The molecule has 0 aromatic rings. The third-order valence-corrected chi connectivity index (χ3v) is 3.63. The summed E-state index contributed by atoms with van der Waals surface area (Å²) >= 11 is 8.56. The van der Waals surface area contributed by atoms with Crippen LogP contribution in [0.2, 0.25) is 0 Å². The number of hydrogen-bond donors (Lipinski definition) is 2. The minimum absolute atomic E-state index is 0.434. The minimum atomic E-state index is 0.434. The van der Waals surface area contributed by atoms with Gasteiger partial charge < -0.3 is 0 Å². The molecule has 2 rings (SSSR count). The predicted octanol–water partition coefficient (Wildman–Crippen LogP) is 0.987. The molecule has 34 valence electrons. The molecule has 2 heteroatoms. The third kappa shape index (κ3) is 0.205. The van der Waals surface area contributed by atoms with Crippen LogP contribution in [0.25, 0.3) is 0 Å². The van der Waals surface area contributed by atoms with Crippen molar-refractivity contribution >= 4 is 25.3 Å². The molecule has 0 spiro atoms. The van der Waals surface area contributed by atoms with Crippen molar-refractivity contribution < 1.29 is 0 Å². The van der Waals surface area contributed by atoms with E-state index in [0.717, 1.165) is 5.92 Å². The Hall–Kier alpha value is 0.700. The Morgan fingerprint density at radius 3 is 2.00 bits per heavy atom. The molecule has 2 aliphatic rings. The standard InChI is InChI=1S/C4H6S2/c5-3-2-1-4(2,3)6/h2-3,5-6H,1H2. The molecule has 0 bridgehead atoms. The Morgan fingerprint density at radius 1 is 1.67 bits per heavy atom. The minimum Gasteiger partial charge on any atom is -0.174 e. The molecular formula is C4H6S2. The van der Waals surface area contributed by atoms with Gasteiger partial charge in [-0.15, -0.1) is 0 Å². The summed E-state index contributed by atoms with van der Waals surface area (Å²) in [5.74, 6) is 0.893. The summed E-state index contributed by atoms with van der Waals surface area (Å²) in [6.45, 7) is 0. The molecule has 0 nitrogen and oxygen atoms in total. The van der Waals surface area contributed by atoms with Crippen molar-refractivity contribution in [1.82, 2.24) is 0 Å². The van der Waals surface area contributed by atoms with Crippen LogP contribution in [-0.4, -0.2) is 10.00 Å². The third-order valence-electron chi connectivity index (χ3n) is 1.81. The van der Waals surface area contributed by atoms with Crippen LogP contribution in [0.5, 0.6) is 0 Å². The first-order chi connectivity index (χ1) is 2.75. The second-order valence-electron chi connectivity index (χ2n) is 2.25. The lowest BCUT2D eigenvalue weighted by Gasteiger charge is -1.92. The van der Waals surface area contributed by atoms with Gasteiger partial charge in [0.05, 0.1) is 0 Å². The monoisotopic (exact) mass is 118 g/mol. The van der Waals surface area contributed by atoms with E-state index in [1.165, 1.54) is 6.42 Å². The molecule has 0 aromatic carbocycles. The first-order valence-electron chi connectivity index (χ1n) is 2.15. The highest BCUT2D eigenvalue weighted by molar-refractivity contribution is 7.87. The quantitative estimate of drug-likeness (QED) is 0.435. The summed E-state index contributed by atoms with van der Waals surface area (Å²) in [6, 6.07) is 0. The van der Waals surface area contributed by atoms with Gasteiger partial charge >= 0.3 is 0 Å². The van der Waals surface area contributed by atoms with Gasteiger partial charge in [-0.25, -0.2) is 0 Å². The molecule has 0 amide bonds. The smallest absolute Gasteiger partial charge is 0.0292 e. The second-order valence-corrected chi connectivity index (χ2v) is 3.64. The fourth-order valence-corrected chi connectivity index (χ4v) is 2.00. The van der Waals surface area contributed by atoms with Crippen molar-refractivity contribution in [2.24, 2.45) is 5.92 Å². The molecule has 3 atom stereocenters. The van der Waals surface area contributed by atoms with Crippen molar-refractivity contribution in [3.8, 4) is 0 Å². The Balaban J connectivity index is 2.23. The molecule has 2 aliphatic carbocycles. The maximum atomic E-state index is 4.33. The Morgan fingerprint density at radius 2 is 2.00 bits per heavy atom. The Bertz CT molecular complexity index is 95.7. The average Bonchev–Trinajstić information content (AvgIpc) is 2.24. The van der Waals surface area contributed by atoms with Gasteiger partial charge in [0.1, 0.15) is 0 Å². The summed E-state index contributed by atoms with van der Waals surface area (Å²) in [7, 11) is 0. The SMILES string of the molecule is SC1C2CC12S. The Labute approximate surface area is 48.1 Å². The highest BCUT2D eigenvalue weighted by Gasteiger charge is 2.75. The summed E-state index contributed by atoms with van der Waals surface area (Å²) in [5, 5.41) is 0.654. The van der Waals surface area contributed by atoms with Gasteiger partial charge in [0.25, 0.3) is 0 Å². The zero-order chi connectivity index (χ0) is 4.36. The highest BCUT2D eigenvalue weighted by atomic mass is 32.1. The van der Waals surface area contributed by atoms with Gasteiger partial charge in [-0.05, 0) is 12.3 Å². The van der Waals surface area contributed by atoms with Crippen LogP contribution in [0.15, 0.2) is 0 Å². The molecule has 0 radical (unpaired) electrons. The van der Waals surface area contributed by atoms with Crippen LogP contribution < -0.4 is 0 Å². The number of thiol groups is 2. The zero-order valence-electron chi connectivity index (χ0n) is 3.26. The molecule has 0 saturated heterocycles. The molecule has 3 unspecified atom stereocenters. The normalized spacial score (nSPS) is 73.0. The largest absolute Gasteiger partial charge is 0.174 e. The fraction of sp³-hybridized carbons (Fsp3) is 1.00. The van der Waals surface area contributed by atoms with E-state index >= 15 is 0 Å². The number of fused-ring (bicyclic) bond motifs is 1. The molecule has 0 heterocycles. The van der Waals surface area contributed by atoms with Crippen LogP contribution in [0.1, 0.15) is 6.42 Å². The molecule has 0 aromatic heterocycles. The summed E-state index contributed by atoms with van der Waals surface area (Å²) in [6.07, 6.45) is 1.32. The molecule has 6 heavy (non-hydrogen) atoms. The van der Waals surface area contributed by atoms with Crippen molar-refractivity contribution in [3.63, 3.8) is 0 Å². The van der Waals surface area contributed by atoms with Gasteiger partial charge in [0.15, 0.2) is 0 Å². The maximum absolute atomic E-state index is 4.33. The molecule has 0 aliphatic heterocycles. The van der Waals surface area contributed by atoms with Crippen LogP contribution in [0, 0.1) is 5.92 Å². The molecule has 0 N–H and O–H groups in total. The lowest BCUT2D eigenvalue weighted by Crippen LogP contribution is -1.92. The topological polar surface area (TPSA) is 0 Å². The van der Waals surface area contributed by atoms with Gasteiger partial charge in [0.2, 0.25) is 0 Å².